The van der Waals surface area contributed by atoms with E-state index >= 15 is 0 Å². The molecule has 0 saturated carbocycles. The Bertz CT molecular complexity index is 665. The predicted molar refractivity (Wildman–Crippen MR) is 95.4 cm³/mol. The van der Waals surface area contributed by atoms with Crippen LogP contribution in [-0.4, -0.2) is 55.9 Å². The third-order valence-electron chi connectivity index (χ3n) is 3.13. The van der Waals surface area contributed by atoms with Crippen LogP contribution in [0.3, 0.4) is 0 Å². The molecule has 1 aromatic rings. The van der Waals surface area contributed by atoms with Crippen molar-refractivity contribution in [2.75, 3.05) is 32.1 Å². The van der Waals surface area contributed by atoms with E-state index in [2.05, 4.69) is 10.6 Å². The molecule has 2 rings (SSSR count). The Morgan fingerprint density at radius 1 is 1.15 bits per heavy atom. The van der Waals surface area contributed by atoms with E-state index in [4.69, 9.17) is 14.2 Å². The number of rotatable bonds is 8. The predicted octanol–water partition coefficient (Wildman–Crippen LogP) is 0.734. The number of ether oxygens (including phenoxy) is 3. The zero-order valence-electron chi connectivity index (χ0n) is 14.7. The van der Waals surface area contributed by atoms with E-state index < -0.39 is 18.5 Å². The van der Waals surface area contributed by atoms with Gasteiger partial charge in [-0.15, -0.1) is 11.8 Å². The Labute approximate surface area is 155 Å². The minimum atomic E-state index is -0.526. The molecule has 2 amide bonds. The molecule has 1 aliphatic heterocycles. The lowest BCUT2D eigenvalue weighted by Gasteiger charge is -2.18. The lowest BCUT2D eigenvalue weighted by Crippen LogP contribution is -2.41. The Morgan fingerprint density at radius 3 is 2.62 bits per heavy atom. The first-order valence-electron chi connectivity index (χ1n) is 8.18. The van der Waals surface area contributed by atoms with Crippen molar-refractivity contribution in [2.45, 2.75) is 24.8 Å². The second-order valence-electron chi connectivity index (χ2n) is 5.75. The number of hydrogen-bond acceptors (Lipinski definition) is 7. The highest BCUT2D eigenvalue weighted by Gasteiger charge is 2.14. The third-order valence-corrected chi connectivity index (χ3v) is 4.10. The van der Waals surface area contributed by atoms with Crippen LogP contribution >= 0.6 is 11.8 Å². The molecule has 142 valence electrons. The van der Waals surface area contributed by atoms with Gasteiger partial charge in [-0.25, -0.2) is 0 Å². The molecule has 1 aromatic carbocycles. The number of thioether (sulfide) groups is 1. The summed E-state index contributed by atoms with van der Waals surface area (Å²) >= 11 is 1.27. The highest BCUT2D eigenvalue weighted by Crippen LogP contribution is 2.34. The van der Waals surface area contributed by atoms with E-state index in [0.29, 0.717) is 24.7 Å². The summed E-state index contributed by atoms with van der Waals surface area (Å²) in [6, 6.07) is 5.41. The van der Waals surface area contributed by atoms with Gasteiger partial charge in [-0.2, -0.15) is 0 Å². The van der Waals surface area contributed by atoms with Crippen molar-refractivity contribution >= 4 is 29.5 Å². The lowest BCUT2D eigenvalue weighted by molar-refractivity contribution is -0.146. The van der Waals surface area contributed by atoms with Gasteiger partial charge in [-0.05, 0) is 32.0 Å². The molecule has 8 nitrogen and oxygen atoms in total. The number of esters is 1. The molecule has 0 aliphatic carbocycles. The summed E-state index contributed by atoms with van der Waals surface area (Å²) in [7, 11) is 0. The Hall–Kier alpha value is -2.42. The molecule has 0 spiro atoms. The molecule has 0 saturated heterocycles. The Balaban J connectivity index is 1.66. The van der Waals surface area contributed by atoms with Crippen LogP contribution < -0.4 is 20.1 Å². The molecule has 0 radical (unpaired) electrons. The highest BCUT2D eigenvalue weighted by molar-refractivity contribution is 8.00. The fourth-order valence-electron chi connectivity index (χ4n) is 2.05. The van der Waals surface area contributed by atoms with E-state index in [1.54, 1.807) is 12.1 Å². The standard InChI is InChI=1S/C17H22N2O6S/c1-11(2)19-15(20)8-18-16(21)9-25-17(22)10-26-12-3-4-13-14(7-12)24-6-5-23-13/h3-4,7,11H,5-6,8-10H2,1-2H3,(H,18,21)(H,19,20). The minimum Gasteiger partial charge on any atom is -0.486 e. The molecule has 0 aromatic heterocycles. The van der Waals surface area contributed by atoms with Gasteiger partial charge in [0, 0.05) is 10.9 Å². The van der Waals surface area contributed by atoms with Gasteiger partial charge in [0.05, 0.1) is 12.3 Å². The molecular formula is C17H22N2O6S. The van der Waals surface area contributed by atoms with Crippen molar-refractivity contribution in [3.63, 3.8) is 0 Å². The summed E-state index contributed by atoms with van der Waals surface area (Å²) in [4.78, 5) is 35.5. The first-order chi connectivity index (χ1) is 12.4. The minimum absolute atomic E-state index is 0.00480. The van der Waals surface area contributed by atoms with Gasteiger partial charge in [-0.3, -0.25) is 14.4 Å². The summed E-state index contributed by atoms with van der Waals surface area (Å²) in [5, 5.41) is 5.02. The third kappa shape index (κ3) is 6.83. The molecule has 0 fully saturated rings. The van der Waals surface area contributed by atoms with Crippen LogP contribution in [0.1, 0.15) is 13.8 Å². The lowest BCUT2D eigenvalue weighted by atomic mass is 10.3. The number of benzene rings is 1. The molecule has 0 bridgehead atoms. The number of amides is 2. The Morgan fingerprint density at radius 2 is 1.88 bits per heavy atom. The SMILES string of the molecule is CC(C)NC(=O)CNC(=O)COC(=O)CSc1ccc2c(c1)OCCO2. The summed E-state index contributed by atoms with van der Waals surface area (Å²) in [6.07, 6.45) is 0. The van der Waals surface area contributed by atoms with Crippen molar-refractivity contribution in [3.8, 4) is 11.5 Å². The summed E-state index contributed by atoms with van der Waals surface area (Å²) in [5.41, 5.74) is 0. The van der Waals surface area contributed by atoms with E-state index in [-0.39, 0.29) is 24.2 Å². The maximum absolute atomic E-state index is 11.7. The van der Waals surface area contributed by atoms with Crippen molar-refractivity contribution in [1.82, 2.24) is 10.6 Å². The molecule has 26 heavy (non-hydrogen) atoms. The van der Waals surface area contributed by atoms with Crippen molar-refractivity contribution < 1.29 is 28.6 Å². The van der Waals surface area contributed by atoms with Crippen molar-refractivity contribution in [3.05, 3.63) is 18.2 Å². The monoisotopic (exact) mass is 382 g/mol. The smallest absolute Gasteiger partial charge is 0.316 e. The number of carbonyl (C=O) groups excluding carboxylic acids is 3. The fraction of sp³-hybridized carbons (Fsp3) is 0.471. The van der Waals surface area contributed by atoms with Crippen LogP contribution in [0, 0.1) is 0 Å². The first-order valence-corrected chi connectivity index (χ1v) is 9.16. The summed E-state index contributed by atoms with van der Waals surface area (Å²) in [5.74, 6) is 0.0398. The van der Waals surface area contributed by atoms with Crippen molar-refractivity contribution in [1.29, 1.82) is 0 Å². The molecule has 0 atom stereocenters. The second-order valence-corrected chi connectivity index (χ2v) is 6.80. The molecule has 2 N–H and O–H groups in total. The molecule has 1 aliphatic rings. The number of carbonyl (C=O) groups is 3. The van der Waals surface area contributed by atoms with Gasteiger partial charge in [-0.1, -0.05) is 0 Å². The van der Waals surface area contributed by atoms with Gasteiger partial charge in [0.2, 0.25) is 5.91 Å². The molecule has 1 heterocycles. The molecular weight excluding hydrogens is 360 g/mol. The average Bonchev–Trinajstić information content (AvgIpc) is 2.62. The second kappa shape index (κ2) is 9.91. The maximum atomic E-state index is 11.7. The first kappa shape index (κ1) is 19.9. The van der Waals surface area contributed by atoms with Crippen LogP contribution in [0.4, 0.5) is 0 Å². The highest BCUT2D eigenvalue weighted by atomic mass is 32.2. The fourth-order valence-corrected chi connectivity index (χ4v) is 2.77. The van der Waals surface area contributed by atoms with Gasteiger partial charge < -0.3 is 24.8 Å². The zero-order valence-corrected chi connectivity index (χ0v) is 15.5. The van der Waals surface area contributed by atoms with E-state index in [1.807, 2.05) is 19.9 Å². The zero-order chi connectivity index (χ0) is 18.9. The number of fused-ring (bicyclic) bond motifs is 1. The summed E-state index contributed by atoms with van der Waals surface area (Å²) < 4.78 is 15.8. The maximum Gasteiger partial charge on any atom is 0.316 e. The van der Waals surface area contributed by atoms with E-state index in [9.17, 15) is 14.4 Å². The van der Waals surface area contributed by atoms with Gasteiger partial charge in [0.1, 0.15) is 13.2 Å². The van der Waals surface area contributed by atoms with Crippen LogP contribution in [0.5, 0.6) is 11.5 Å². The van der Waals surface area contributed by atoms with Crippen molar-refractivity contribution in [2.24, 2.45) is 0 Å². The van der Waals surface area contributed by atoms with Crippen LogP contribution in [0.25, 0.3) is 0 Å². The average molecular weight is 382 g/mol. The van der Waals surface area contributed by atoms with Crippen LogP contribution in [0.15, 0.2) is 23.1 Å². The number of hydrogen-bond donors (Lipinski definition) is 2. The van der Waals surface area contributed by atoms with E-state index in [1.165, 1.54) is 11.8 Å². The van der Waals surface area contributed by atoms with Crippen LogP contribution in [0.2, 0.25) is 0 Å². The van der Waals surface area contributed by atoms with E-state index in [0.717, 1.165) is 4.90 Å². The van der Waals surface area contributed by atoms with Gasteiger partial charge in [0.25, 0.3) is 5.91 Å². The van der Waals surface area contributed by atoms with Crippen LogP contribution in [-0.2, 0) is 19.1 Å². The van der Waals surface area contributed by atoms with Gasteiger partial charge >= 0.3 is 5.97 Å². The number of nitrogens with one attached hydrogen (secondary N) is 2. The topological polar surface area (TPSA) is 103 Å². The largest absolute Gasteiger partial charge is 0.486 e. The Kier molecular flexibility index (Phi) is 7.58. The molecule has 9 heteroatoms. The van der Waals surface area contributed by atoms with Gasteiger partial charge in [0.15, 0.2) is 18.1 Å². The normalized spacial score (nSPS) is 12.4. The molecule has 0 unspecified atom stereocenters. The quantitative estimate of drug-likeness (QED) is 0.505. The summed E-state index contributed by atoms with van der Waals surface area (Å²) in [6.45, 7) is 4.08.